The molecular formula is C12H15N3O. The molecule has 4 heteroatoms. The van der Waals surface area contributed by atoms with E-state index in [4.69, 9.17) is 4.74 Å². The van der Waals surface area contributed by atoms with Crippen molar-refractivity contribution in [2.75, 3.05) is 0 Å². The first kappa shape index (κ1) is 10.7. The van der Waals surface area contributed by atoms with Crippen LogP contribution in [0.3, 0.4) is 0 Å². The zero-order chi connectivity index (χ0) is 11.4. The second-order valence-electron chi connectivity index (χ2n) is 3.59. The minimum Gasteiger partial charge on any atom is -0.486 e. The van der Waals surface area contributed by atoms with Crippen LogP contribution in [0.4, 0.5) is 0 Å². The molecule has 0 fully saturated rings. The van der Waals surface area contributed by atoms with Gasteiger partial charge in [-0.15, -0.1) is 0 Å². The molecule has 16 heavy (non-hydrogen) atoms. The summed E-state index contributed by atoms with van der Waals surface area (Å²) >= 11 is 0. The predicted molar refractivity (Wildman–Crippen MR) is 61.2 cm³/mol. The molecule has 0 spiro atoms. The molecule has 0 saturated heterocycles. The average molecular weight is 217 g/mol. The van der Waals surface area contributed by atoms with Gasteiger partial charge in [0.1, 0.15) is 18.7 Å². The third-order valence-corrected chi connectivity index (χ3v) is 2.48. The fraction of sp³-hybridized carbons (Fsp3) is 0.333. The summed E-state index contributed by atoms with van der Waals surface area (Å²) in [6.07, 6.45) is 2.54. The molecule has 0 N–H and O–H groups in total. The van der Waals surface area contributed by atoms with Crippen LogP contribution in [-0.4, -0.2) is 14.8 Å². The Morgan fingerprint density at radius 3 is 2.94 bits per heavy atom. The van der Waals surface area contributed by atoms with Crippen LogP contribution in [-0.2, 0) is 20.1 Å². The summed E-state index contributed by atoms with van der Waals surface area (Å²) in [6.45, 7) is 2.57. The van der Waals surface area contributed by atoms with E-state index in [1.807, 2.05) is 19.2 Å². The molecule has 2 rings (SSSR count). The molecule has 0 aliphatic rings. The van der Waals surface area contributed by atoms with Gasteiger partial charge in [-0.1, -0.05) is 19.1 Å². The highest BCUT2D eigenvalue weighted by Crippen LogP contribution is 2.14. The van der Waals surface area contributed by atoms with Crippen molar-refractivity contribution in [3.05, 3.63) is 42.0 Å². The minimum atomic E-state index is 0.448. The first-order chi connectivity index (χ1) is 7.79. The normalized spacial score (nSPS) is 10.4. The van der Waals surface area contributed by atoms with Crippen LogP contribution >= 0.6 is 0 Å². The molecule has 0 bridgehead atoms. The maximum Gasteiger partial charge on any atom is 0.164 e. The largest absolute Gasteiger partial charge is 0.486 e. The van der Waals surface area contributed by atoms with E-state index in [0.717, 1.165) is 18.0 Å². The minimum absolute atomic E-state index is 0.448. The third-order valence-electron chi connectivity index (χ3n) is 2.48. The number of hydrogen-bond donors (Lipinski definition) is 0. The first-order valence-corrected chi connectivity index (χ1v) is 5.34. The van der Waals surface area contributed by atoms with Crippen molar-refractivity contribution in [1.29, 1.82) is 0 Å². The lowest BCUT2D eigenvalue weighted by Gasteiger charge is -2.06. The van der Waals surface area contributed by atoms with Gasteiger partial charge in [-0.2, -0.15) is 5.10 Å². The Hall–Kier alpha value is -1.84. The van der Waals surface area contributed by atoms with Gasteiger partial charge in [0.05, 0.1) is 0 Å². The molecule has 1 aromatic heterocycles. The molecule has 0 unspecified atom stereocenters. The van der Waals surface area contributed by atoms with Crippen LogP contribution in [0.2, 0.25) is 0 Å². The van der Waals surface area contributed by atoms with E-state index in [9.17, 15) is 0 Å². The van der Waals surface area contributed by atoms with E-state index < -0.39 is 0 Å². The zero-order valence-corrected chi connectivity index (χ0v) is 9.55. The Kier molecular flexibility index (Phi) is 3.19. The van der Waals surface area contributed by atoms with Crippen molar-refractivity contribution >= 4 is 0 Å². The second kappa shape index (κ2) is 4.79. The molecule has 0 saturated carbocycles. The third kappa shape index (κ3) is 2.39. The number of benzene rings is 1. The lowest BCUT2D eigenvalue weighted by atomic mass is 10.2. The molecule has 0 aliphatic heterocycles. The average Bonchev–Trinajstić information content (AvgIpc) is 2.72. The van der Waals surface area contributed by atoms with Gasteiger partial charge in [0.25, 0.3) is 0 Å². The van der Waals surface area contributed by atoms with E-state index in [-0.39, 0.29) is 0 Å². The molecule has 1 aromatic carbocycles. The van der Waals surface area contributed by atoms with E-state index in [0.29, 0.717) is 6.61 Å². The van der Waals surface area contributed by atoms with Crippen molar-refractivity contribution < 1.29 is 4.74 Å². The highest BCUT2D eigenvalue weighted by Gasteiger charge is 2.01. The zero-order valence-electron chi connectivity index (χ0n) is 9.55. The molecule has 0 aliphatic carbocycles. The molecule has 1 heterocycles. The Bertz CT molecular complexity index is 465. The number of aromatic nitrogens is 3. The molecule has 84 valence electrons. The fourth-order valence-electron chi connectivity index (χ4n) is 1.45. The van der Waals surface area contributed by atoms with Gasteiger partial charge in [-0.05, 0) is 24.1 Å². The molecule has 2 aromatic rings. The van der Waals surface area contributed by atoms with Crippen LogP contribution in [0.5, 0.6) is 5.75 Å². The maximum atomic E-state index is 5.65. The molecule has 0 amide bonds. The van der Waals surface area contributed by atoms with Crippen molar-refractivity contribution in [1.82, 2.24) is 14.8 Å². The van der Waals surface area contributed by atoms with Crippen LogP contribution in [0.1, 0.15) is 18.3 Å². The van der Waals surface area contributed by atoms with E-state index >= 15 is 0 Å². The summed E-state index contributed by atoms with van der Waals surface area (Å²) in [5, 5.41) is 3.99. The van der Waals surface area contributed by atoms with Gasteiger partial charge in [0.2, 0.25) is 0 Å². The highest BCUT2D eigenvalue weighted by atomic mass is 16.5. The Labute approximate surface area is 94.9 Å². The summed E-state index contributed by atoms with van der Waals surface area (Å²) in [5.41, 5.74) is 1.27. The van der Waals surface area contributed by atoms with Crippen molar-refractivity contribution in [2.45, 2.75) is 20.0 Å². The molecular weight excluding hydrogens is 202 g/mol. The lowest BCUT2D eigenvalue weighted by molar-refractivity contribution is 0.289. The Morgan fingerprint density at radius 2 is 2.25 bits per heavy atom. The Balaban J connectivity index is 2.02. The summed E-state index contributed by atoms with van der Waals surface area (Å²) in [4.78, 5) is 4.10. The Morgan fingerprint density at radius 1 is 1.38 bits per heavy atom. The van der Waals surface area contributed by atoms with E-state index in [2.05, 4.69) is 29.1 Å². The quantitative estimate of drug-likeness (QED) is 0.786. The second-order valence-corrected chi connectivity index (χ2v) is 3.59. The van der Waals surface area contributed by atoms with Gasteiger partial charge < -0.3 is 4.74 Å². The van der Waals surface area contributed by atoms with E-state index in [1.165, 1.54) is 11.9 Å². The summed E-state index contributed by atoms with van der Waals surface area (Å²) in [5.74, 6) is 1.70. The van der Waals surface area contributed by atoms with Gasteiger partial charge >= 0.3 is 0 Å². The highest BCUT2D eigenvalue weighted by molar-refractivity contribution is 5.28. The van der Waals surface area contributed by atoms with Crippen molar-refractivity contribution in [2.24, 2.45) is 7.05 Å². The summed E-state index contributed by atoms with van der Waals surface area (Å²) in [6, 6.07) is 8.10. The van der Waals surface area contributed by atoms with Crippen LogP contribution in [0.25, 0.3) is 0 Å². The van der Waals surface area contributed by atoms with Gasteiger partial charge in [0.15, 0.2) is 5.82 Å². The number of hydrogen-bond acceptors (Lipinski definition) is 3. The first-order valence-electron chi connectivity index (χ1n) is 5.34. The smallest absolute Gasteiger partial charge is 0.164 e. The van der Waals surface area contributed by atoms with Crippen molar-refractivity contribution in [3.8, 4) is 5.75 Å². The molecule has 4 nitrogen and oxygen atoms in total. The van der Waals surface area contributed by atoms with Gasteiger partial charge in [-0.25, -0.2) is 4.98 Å². The van der Waals surface area contributed by atoms with Crippen LogP contribution < -0.4 is 4.74 Å². The fourth-order valence-corrected chi connectivity index (χ4v) is 1.45. The SMILES string of the molecule is CCc1cccc(OCc2ncnn2C)c1. The van der Waals surface area contributed by atoms with Gasteiger partial charge in [-0.3, -0.25) is 4.68 Å². The van der Waals surface area contributed by atoms with Crippen LogP contribution in [0.15, 0.2) is 30.6 Å². The predicted octanol–water partition coefficient (Wildman–Crippen LogP) is 1.96. The van der Waals surface area contributed by atoms with E-state index in [1.54, 1.807) is 4.68 Å². The lowest BCUT2D eigenvalue weighted by Crippen LogP contribution is -2.04. The summed E-state index contributed by atoms with van der Waals surface area (Å²) in [7, 11) is 1.86. The number of aryl methyl sites for hydroxylation is 2. The number of ether oxygens (including phenoxy) is 1. The molecule has 0 radical (unpaired) electrons. The number of nitrogens with zero attached hydrogens (tertiary/aromatic N) is 3. The topological polar surface area (TPSA) is 39.9 Å². The molecule has 0 atom stereocenters. The number of rotatable bonds is 4. The van der Waals surface area contributed by atoms with Crippen LogP contribution in [0, 0.1) is 0 Å². The van der Waals surface area contributed by atoms with Gasteiger partial charge in [0, 0.05) is 7.05 Å². The maximum absolute atomic E-state index is 5.65. The van der Waals surface area contributed by atoms with Crippen molar-refractivity contribution in [3.63, 3.8) is 0 Å². The summed E-state index contributed by atoms with van der Waals surface area (Å²) < 4.78 is 7.36. The standard InChI is InChI=1S/C12H15N3O/c1-3-10-5-4-6-11(7-10)16-8-12-13-9-14-15(12)2/h4-7,9H,3,8H2,1-2H3. The monoisotopic (exact) mass is 217 g/mol.